The van der Waals surface area contributed by atoms with Crippen molar-refractivity contribution in [1.29, 1.82) is 26.3 Å². The molecule has 1 aliphatic rings. The van der Waals surface area contributed by atoms with Gasteiger partial charge in [-0.05, 0) is 0 Å². The Labute approximate surface area is 214 Å². The van der Waals surface area contributed by atoms with Gasteiger partial charge in [0.05, 0.1) is 63.1 Å². The van der Waals surface area contributed by atoms with E-state index in [1.165, 1.54) is 0 Å². The zero-order valence-corrected chi connectivity index (χ0v) is 20.9. The predicted octanol–water partition coefficient (Wildman–Crippen LogP) is -1.57. The number of hydrogen-bond donors (Lipinski definition) is 2. The van der Waals surface area contributed by atoms with Crippen LogP contribution in [-0.4, -0.2) is 142 Å². The fourth-order valence-electron chi connectivity index (χ4n) is 3.70. The number of rotatable bonds is 20. The molecule has 0 aromatic carbocycles. The van der Waals surface area contributed by atoms with E-state index in [0.29, 0.717) is 78.5 Å². The summed E-state index contributed by atoms with van der Waals surface area (Å²) in [7, 11) is 0. The normalized spacial score (nSPS) is 13.0. The Morgan fingerprint density at radius 3 is 1.58 bits per heavy atom. The minimum absolute atomic E-state index is 0.00512. The van der Waals surface area contributed by atoms with Crippen molar-refractivity contribution in [3.8, 4) is 30.3 Å². The van der Waals surface area contributed by atoms with E-state index in [-0.39, 0.29) is 32.2 Å². The van der Waals surface area contributed by atoms with E-state index in [0.717, 1.165) is 6.54 Å². The average molecular weight is 497 g/mol. The molecule has 0 aliphatic carbocycles. The Balaban J connectivity index is 2.55. The first-order valence-corrected chi connectivity index (χ1v) is 12.1. The van der Waals surface area contributed by atoms with Gasteiger partial charge in [-0.15, -0.1) is 0 Å². The summed E-state index contributed by atoms with van der Waals surface area (Å²) in [6.07, 6.45) is 0. The van der Waals surface area contributed by atoms with Crippen LogP contribution in [0.3, 0.4) is 0 Å². The standard InChI is InChI=1S/C23H36N12O/c24-1-6-29-7-8-30-9-14-34-21-22-35(23(34)36)20-19-33(17-15-31(10-2-25)11-3-26)18-16-32(12-4-27)13-5-28/h29-30H,6-22H2. The van der Waals surface area contributed by atoms with Crippen molar-refractivity contribution < 1.29 is 4.79 Å². The lowest BCUT2D eigenvalue weighted by molar-refractivity contribution is 0.169. The molecular formula is C23H36N12O. The predicted molar refractivity (Wildman–Crippen MR) is 132 cm³/mol. The molecule has 0 aromatic rings. The molecule has 0 radical (unpaired) electrons. The average Bonchev–Trinajstić information content (AvgIpc) is 3.22. The number of carbonyl (C=O) groups excluding carboxylic acids is 1. The molecule has 0 saturated carbocycles. The van der Waals surface area contributed by atoms with Crippen LogP contribution in [0.25, 0.3) is 0 Å². The monoisotopic (exact) mass is 496 g/mol. The molecule has 0 spiro atoms. The number of urea groups is 1. The lowest BCUT2D eigenvalue weighted by atomic mass is 10.3. The van der Waals surface area contributed by atoms with Gasteiger partial charge in [-0.25, -0.2) is 4.79 Å². The number of nitriles is 5. The Morgan fingerprint density at radius 2 is 1.08 bits per heavy atom. The summed E-state index contributed by atoms with van der Waals surface area (Å²) < 4.78 is 0. The Morgan fingerprint density at radius 1 is 0.611 bits per heavy atom. The first kappa shape index (κ1) is 30.6. The number of hydrogen-bond acceptors (Lipinski definition) is 11. The molecule has 2 N–H and O–H groups in total. The third-order valence-corrected chi connectivity index (χ3v) is 5.75. The molecule has 194 valence electrons. The summed E-state index contributed by atoms with van der Waals surface area (Å²) in [6.45, 7) is 8.47. The Bertz CT molecular complexity index is 774. The number of nitrogens with one attached hydrogen (secondary N) is 2. The first-order valence-electron chi connectivity index (χ1n) is 12.1. The highest BCUT2D eigenvalue weighted by Gasteiger charge is 2.28. The zero-order valence-electron chi connectivity index (χ0n) is 20.9. The van der Waals surface area contributed by atoms with Gasteiger partial charge in [0.15, 0.2) is 0 Å². The van der Waals surface area contributed by atoms with Crippen molar-refractivity contribution in [3.63, 3.8) is 0 Å². The molecule has 0 atom stereocenters. The van der Waals surface area contributed by atoms with Gasteiger partial charge in [0.1, 0.15) is 0 Å². The minimum Gasteiger partial charge on any atom is -0.322 e. The van der Waals surface area contributed by atoms with Crippen LogP contribution >= 0.6 is 0 Å². The van der Waals surface area contributed by atoms with E-state index in [1.807, 2.05) is 15.9 Å². The fourth-order valence-corrected chi connectivity index (χ4v) is 3.70. The maximum absolute atomic E-state index is 12.8. The van der Waals surface area contributed by atoms with Crippen molar-refractivity contribution in [1.82, 2.24) is 35.1 Å². The second-order valence-electron chi connectivity index (χ2n) is 8.24. The molecule has 0 unspecified atom stereocenters. The van der Waals surface area contributed by atoms with Crippen LogP contribution in [0.4, 0.5) is 4.79 Å². The number of amides is 2. The van der Waals surface area contributed by atoms with Gasteiger partial charge >= 0.3 is 6.03 Å². The van der Waals surface area contributed by atoms with Gasteiger partial charge < -0.3 is 20.4 Å². The van der Waals surface area contributed by atoms with Crippen LogP contribution in [-0.2, 0) is 0 Å². The van der Waals surface area contributed by atoms with Gasteiger partial charge in [-0.1, -0.05) is 0 Å². The maximum atomic E-state index is 12.8. The van der Waals surface area contributed by atoms with E-state index >= 15 is 0 Å². The molecule has 0 bridgehead atoms. The topological polar surface area (TPSA) is 176 Å². The van der Waals surface area contributed by atoms with Gasteiger partial charge in [0.25, 0.3) is 0 Å². The molecule has 1 fully saturated rings. The summed E-state index contributed by atoms with van der Waals surface area (Å²) in [5.41, 5.74) is 0. The zero-order chi connectivity index (χ0) is 26.4. The quantitative estimate of drug-likeness (QED) is 0.147. The molecule has 1 aliphatic heterocycles. The number of carbonyl (C=O) groups is 1. The van der Waals surface area contributed by atoms with Crippen molar-refractivity contribution in [2.45, 2.75) is 0 Å². The highest BCUT2D eigenvalue weighted by atomic mass is 16.2. The highest BCUT2D eigenvalue weighted by molar-refractivity contribution is 5.76. The van der Waals surface area contributed by atoms with Crippen molar-refractivity contribution in [3.05, 3.63) is 0 Å². The summed E-state index contributed by atoms with van der Waals surface area (Å²) in [4.78, 5) is 22.1. The fraction of sp³-hybridized carbons (Fsp3) is 0.739. The SMILES string of the molecule is N#CCNCCNCCN1CCN(CCN(CCN(CC#N)CC#N)CCN(CC#N)CC#N)C1=O. The van der Waals surface area contributed by atoms with Crippen LogP contribution < -0.4 is 10.6 Å². The van der Waals surface area contributed by atoms with Crippen molar-refractivity contribution in [2.75, 3.05) is 111 Å². The molecular weight excluding hydrogens is 460 g/mol. The van der Waals surface area contributed by atoms with Crippen LogP contribution in [0.1, 0.15) is 0 Å². The van der Waals surface area contributed by atoms with Gasteiger partial charge in [-0.3, -0.25) is 14.7 Å². The third kappa shape index (κ3) is 12.8. The summed E-state index contributed by atoms with van der Waals surface area (Å²) in [5, 5.41) is 50.7. The van der Waals surface area contributed by atoms with Gasteiger partial charge in [0.2, 0.25) is 0 Å². The van der Waals surface area contributed by atoms with Crippen LogP contribution in [0.15, 0.2) is 0 Å². The Kier molecular flexibility index (Phi) is 16.8. The molecule has 1 heterocycles. The number of nitrogens with zero attached hydrogens (tertiary/aromatic N) is 10. The van der Waals surface area contributed by atoms with E-state index in [1.54, 1.807) is 9.80 Å². The van der Waals surface area contributed by atoms with Crippen molar-refractivity contribution >= 4 is 6.03 Å². The molecule has 13 heteroatoms. The molecule has 0 aromatic heterocycles. The lowest BCUT2D eigenvalue weighted by Crippen LogP contribution is -2.44. The largest absolute Gasteiger partial charge is 0.322 e. The summed E-state index contributed by atoms with van der Waals surface area (Å²) >= 11 is 0. The summed E-state index contributed by atoms with van der Waals surface area (Å²) in [5.74, 6) is 0. The smallest absolute Gasteiger partial charge is 0.320 e. The Hall–Kier alpha value is -3.48. The van der Waals surface area contributed by atoms with E-state index in [2.05, 4.69) is 39.8 Å². The maximum Gasteiger partial charge on any atom is 0.320 e. The molecule has 13 nitrogen and oxygen atoms in total. The molecule has 1 rings (SSSR count). The molecule has 2 amide bonds. The second-order valence-corrected chi connectivity index (χ2v) is 8.24. The van der Waals surface area contributed by atoms with Gasteiger partial charge in [0, 0.05) is 78.5 Å². The lowest BCUT2D eigenvalue weighted by Gasteiger charge is -2.29. The van der Waals surface area contributed by atoms with Crippen molar-refractivity contribution in [2.24, 2.45) is 0 Å². The summed E-state index contributed by atoms with van der Waals surface area (Å²) in [6, 6.07) is 10.3. The second kappa shape index (κ2) is 19.8. The van der Waals surface area contributed by atoms with Crippen LogP contribution in [0.5, 0.6) is 0 Å². The van der Waals surface area contributed by atoms with Crippen LogP contribution in [0, 0.1) is 56.7 Å². The molecule has 36 heavy (non-hydrogen) atoms. The molecule has 1 saturated heterocycles. The van der Waals surface area contributed by atoms with Crippen LogP contribution in [0.2, 0.25) is 0 Å². The first-order chi connectivity index (χ1) is 17.6. The van der Waals surface area contributed by atoms with Gasteiger partial charge in [-0.2, -0.15) is 26.3 Å². The highest BCUT2D eigenvalue weighted by Crippen LogP contribution is 2.08. The minimum atomic E-state index is 0.00512. The van der Waals surface area contributed by atoms with E-state index in [9.17, 15) is 4.79 Å². The van der Waals surface area contributed by atoms with E-state index < -0.39 is 0 Å². The van der Waals surface area contributed by atoms with E-state index in [4.69, 9.17) is 26.3 Å². The third-order valence-electron chi connectivity index (χ3n) is 5.75.